The number of hydrogen-bond acceptors (Lipinski definition) is 4. The van der Waals surface area contributed by atoms with Crippen LogP contribution in [0.1, 0.15) is 5.82 Å². The maximum Gasteiger partial charge on any atom is 0.144 e. The smallest absolute Gasteiger partial charge is 0.144 e. The van der Waals surface area contributed by atoms with Crippen molar-refractivity contribution in [2.24, 2.45) is 5.73 Å². The highest BCUT2D eigenvalue weighted by molar-refractivity contribution is 5.95. The molecule has 0 unspecified atom stereocenters. The number of anilines is 2. The van der Waals surface area contributed by atoms with Gasteiger partial charge in [0.2, 0.25) is 0 Å². The Morgan fingerprint density at radius 3 is 2.74 bits per heavy atom. The summed E-state index contributed by atoms with van der Waals surface area (Å²) < 4.78 is 0. The van der Waals surface area contributed by atoms with E-state index in [1.54, 1.807) is 6.20 Å². The summed E-state index contributed by atoms with van der Waals surface area (Å²) in [6.07, 6.45) is 1.71. The number of nitrogens with one attached hydrogen (secondary N) is 1. The zero-order valence-electron chi connectivity index (χ0n) is 10.4. The lowest BCUT2D eigenvalue weighted by Gasteiger charge is -2.09. The van der Waals surface area contributed by atoms with Gasteiger partial charge >= 0.3 is 0 Å². The molecular formula is C15H14N4. The highest BCUT2D eigenvalue weighted by atomic mass is 15.0. The van der Waals surface area contributed by atoms with E-state index in [0.717, 1.165) is 16.9 Å². The second kappa shape index (κ2) is 5.04. The molecule has 3 N–H and O–H groups in total. The third kappa shape index (κ3) is 2.39. The molecule has 0 radical (unpaired) electrons. The molecule has 0 aliphatic carbocycles. The normalized spacial score (nSPS) is 10.6. The molecule has 0 amide bonds. The van der Waals surface area contributed by atoms with E-state index in [1.165, 1.54) is 5.39 Å². The number of nitrogens with zero attached hydrogens (tertiary/aromatic N) is 2. The van der Waals surface area contributed by atoms with Crippen LogP contribution in [-0.2, 0) is 6.54 Å². The first-order valence-electron chi connectivity index (χ1n) is 6.13. The molecule has 19 heavy (non-hydrogen) atoms. The molecule has 0 aliphatic heterocycles. The third-order valence-electron chi connectivity index (χ3n) is 2.94. The van der Waals surface area contributed by atoms with Gasteiger partial charge in [-0.05, 0) is 17.5 Å². The summed E-state index contributed by atoms with van der Waals surface area (Å²) in [5.41, 5.74) is 6.58. The first-order valence-corrected chi connectivity index (χ1v) is 6.13. The van der Waals surface area contributed by atoms with Crippen LogP contribution in [0.3, 0.4) is 0 Å². The quantitative estimate of drug-likeness (QED) is 0.750. The molecule has 0 spiro atoms. The van der Waals surface area contributed by atoms with Crippen molar-refractivity contribution in [1.82, 2.24) is 9.97 Å². The lowest BCUT2D eigenvalue weighted by molar-refractivity contribution is 0.912. The van der Waals surface area contributed by atoms with Crippen LogP contribution in [0.2, 0.25) is 0 Å². The summed E-state index contributed by atoms with van der Waals surface area (Å²) >= 11 is 0. The number of rotatable bonds is 3. The van der Waals surface area contributed by atoms with Crippen molar-refractivity contribution in [2.45, 2.75) is 6.54 Å². The van der Waals surface area contributed by atoms with E-state index in [-0.39, 0.29) is 0 Å². The molecule has 0 saturated carbocycles. The molecule has 3 rings (SSSR count). The predicted octanol–water partition coefficient (Wildman–Crippen LogP) is 2.83. The summed E-state index contributed by atoms with van der Waals surface area (Å²) in [4.78, 5) is 8.43. The van der Waals surface area contributed by atoms with E-state index >= 15 is 0 Å². The van der Waals surface area contributed by atoms with Crippen LogP contribution in [0.4, 0.5) is 11.5 Å². The molecule has 4 heteroatoms. The fraction of sp³-hybridized carbons (Fsp3) is 0.0667. The van der Waals surface area contributed by atoms with Gasteiger partial charge in [0.25, 0.3) is 0 Å². The van der Waals surface area contributed by atoms with Crippen molar-refractivity contribution in [2.75, 3.05) is 5.32 Å². The lowest BCUT2D eigenvalue weighted by atomic mass is 10.1. The van der Waals surface area contributed by atoms with Gasteiger partial charge in [-0.25, -0.2) is 9.97 Å². The Morgan fingerprint density at radius 2 is 1.84 bits per heavy atom. The Bertz CT molecular complexity index is 704. The molecule has 1 aromatic heterocycles. The van der Waals surface area contributed by atoms with Crippen molar-refractivity contribution in [3.05, 3.63) is 60.6 Å². The zero-order chi connectivity index (χ0) is 13.1. The van der Waals surface area contributed by atoms with E-state index in [0.29, 0.717) is 12.4 Å². The average molecular weight is 250 g/mol. The molecule has 0 aliphatic rings. The van der Waals surface area contributed by atoms with Crippen LogP contribution in [0.15, 0.2) is 54.7 Å². The number of hydrogen-bond donors (Lipinski definition) is 2. The van der Waals surface area contributed by atoms with Crippen molar-refractivity contribution in [3.8, 4) is 0 Å². The number of nitrogens with two attached hydrogens (primary N) is 1. The largest absolute Gasteiger partial charge is 0.340 e. The first kappa shape index (κ1) is 11.6. The topological polar surface area (TPSA) is 63.8 Å². The summed E-state index contributed by atoms with van der Waals surface area (Å²) in [6, 6.07) is 16.2. The van der Waals surface area contributed by atoms with Crippen LogP contribution >= 0.6 is 0 Å². The Balaban J connectivity index is 2.01. The SMILES string of the molecule is NCc1nccc(Nc2cccc3ccccc23)n1. The molecule has 4 nitrogen and oxygen atoms in total. The highest BCUT2D eigenvalue weighted by Gasteiger charge is 2.02. The summed E-state index contributed by atoms with van der Waals surface area (Å²) in [7, 11) is 0. The second-order valence-electron chi connectivity index (χ2n) is 4.21. The minimum atomic E-state index is 0.338. The van der Waals surface area contributed by atoms with Gasteiger partial charge in [-0.3, -0.25) is 0 Å². The zero-order valence-corrected chi connectivity index (χ0v) is 10.4. The van der Waals surface area contributed by atoms with E-state index in [9.17, 15) is 0 Å². The van der Waals surface area contributed by atoms with Gasteiger partial charge in [-0.15, -0.1) is 0 Å². The van der Waals surface area contributed by atoms with E-state index in [4.69, 9.17) is 5.73 Å². The Labute approximate surface area is 111 Å². The van der Waals surface area contributed by atoms with Gasteiger partial charge in [0.15, 0.2) is 0 Å². The van der Waals surface area contributed by atoms with Crippen molar-refractivity contribution < 1.29 is 0 Å². The first-order chi connectivity index (χ1) is 9.36. The molecule has 94 valence electrons. The van der Waals surface area contributed by atoms with Gasteiger partial charge < -0.3 is 11.1 Å². The molecule has 0 atom stereocenters. The molecule has 0 fully saturated rings. The van der Waals surface area contributed by atoms with Crippen molar-refractivity contribution >= 4 is 22.3 Å². The minimum absolute atomic E-state index is 0.338. The fourth-order valence-corrected chi connectivity index (χ4v) is 2.04. The van der Waals surface area contributed by atoms with Crippen LogP contribution in [0.25, 0.3) is 10.8 Å². The molecule has 3 aromatic rings. The standard InChI is InChI=1S/C15H14N4/c16-10-15-17-9-8-14(19-15)18-13-7-3-5-11-4-1-2-6-12(11)13/h1-9H,10,16H2,(H,17,18,19). The van der Waals surface area contributed by atoms with Crippen molar-refractivity contribution in [1.29, 1.82) is 0 Å². The Hall–Kier alpha value is -2.46. The monoisotopic (exact) mass is 250 g/mol. The van der Waals surface area contributed by atoms with Gasteiger partial charge in [-0.1, -0.05) is 36.4 Å². The van der Waals surface area contributed by atoms with Crippen LogP contribution in [0, 0.1) is 0 Å². The summed E-state index contributed by atoms with van der Waals surface area (Å²) in [5, 5.41) is 5.67. The maximum absolute atomic E-state index is 5.55. The number of aromatic nitrogens is 2. The second-order valence-corrected chi connectivity index (χ2v) is 4.21. The van der Waals surface area contributed by atoms with E-state index < -0.39 is 0 Å². The highest BCUT2D eigenvalue weighted by Crippen LogP contribution is 2.25. The van der Waals surface area contributed by atoms with E-state index in [1.807, 2.05) is 30.3 Å². The molecular weight excluding hydrogens is 236 g/mol. The summed E-state index contributed by atoms with van der Waals surface area (Å²) in [6.45, 7) is 0.338. The van der Waals surface area contributed by atoms with Gasteiger partial charge in [0, 0.05) is 17.3 Å². The fourth-order valence-electron chi connectivity index (χ4n) is 2.04. The van der Waals surface area contributed by atoms with Crippen LogP contribution in [0.5, 0.6) is 0 Å². The molecule has 2 aromatic carbocycles. The molecule has 0 saturated heterocycles. The molecule has 0 bridgehead atoms. The minimum Gasteiger partial charge on any atom is -0.340 e. The average Bonchev–Trinajstić information content (AvgIpc) is 2.48. The lowest BCUT2D eigenvalue weighted by Crippen LogP contribution is -2.04. The van der Waals surface area contributed by atoms with Gasteiger partial charge in [-0.2, -0.15) is 0 Å². The molecule has 1 heterocycles. The van der Waals surface area contributed by atoms with Crippen LogP contribution < -0.4 is 11.1 Å². The Morgan fingerprint density at radius 1 is 1.00 bits per heavy atom. The predicted molar refractivity (Wildman–Crippen MR) is 77.2 cm³/mol. The van der Waals surface area contributed by atoms with E-state index in [2.05, 4.69) is 33.5 Å². The van der Waals surface area contributed by atoms with Gasteiger partial charge in [0.1, 0.15) is 11.6 Å². The Kier molecular flexibility index (Phi) is 3.08. The number of fused-ring (bicyclic) bond motifs is 1. The van der Waals surface area contributed by atoms with Crippen LogP contribution in [-0.4, -0.2) is 9.97 Å². The third-order valence-corrected chi connectivity index (χ3v) is 2.94. The van der Waals surface area contributed by atoms with Crippen molar-refractivity contribution in [3.63, 3.8) is 0 Å². The maximum atomic E-state index is 5.55. The van der Waals surface area contributed by atoms with Gasteiger partial charge in [0.05, 0.1) is 6.54 Å². The summed E-state index contributed by atoms with van der Waals surface area (Å²) in [5.74, 6) is 1.39. The number of benzene rings is 2.